The molecule has 0 unspecified atom stereocenters. The summed E-state index contributed by atoms with van der Waals surface area (Å²) in [6.07, 6.45) is 11.3. The molecule has 0 atom stereocenters. The van der Waals surface area contributed by atoms with Crippen molar-refractivity contribution in [2.45, 2.75) is 98.2 Å². The van der Waals surface area contributed by atoms with E-state index in [1.54, 1.807) is 0 Å². The van der Waals surface area contributed by atoms with Crippen molar-refractivity contribution in [3.8, 4) is 0 Å². The van der Waals surface area contributed by atoms with Crippen LogP contribution >= 0.6 is 15.9 Å². The average molecular weight is 741 g/mol. The van der Waals surface area contributed by atoms with Crippen LogP contribution in [-0.4, -0.2) is 18.1 Å². The second-order valence-electron chi connectivity index (χ2n) is 14.6. The number of anilines is 5. The highest BCUT2D eigenvalue weighted by Crippen LogP contribution is 2.39. The number of aryl methyl sites for hydroxylation is 5. The first kappa shape index (κ1) is 36.5. The Balaban J connectivity index is 0.000000133. The zero-order chi connectivity index (χ0) is 35.9. The Morgan fingerprint density at radius 1 is 0.431 bits per heavy atom. The molecule has 0 radical (unpaired) electrons. The molecule has 0 N–H and O–H groups in total. The van der Waals surface area contributed by atoms with Crippen LogP contribution in [0.1, 0.15) is 75.8 Å². The van der Waals surface area contributed by atoms with Gasteiger partial charge in [-0.2, -0.15) is 0 Å². The van der Waals surface area contributed by atoms with E-state index in [2.05, 4.69) is 200 Å². The molecule has 4 heteroatoms. The summed E-state index contributed by atoms with van der Waals surface area (Å²) in [7, 11) is 0. The van der Waals surface area contributed by atoms with Crippen LogP contribution in [0, 0.1) is 0 Å². The van der Waals surface area contributed by atoms with Crippen molar-refractivity contribution in [1.29, 1.82) is 0 Å². The molecule has 3 nitrogen and oxygen atoms in total. The number of para-hydroxylation sites is 4. The molecule has 0 saturated carbocycles. The Hall–Kier alpha value is -4.28. The van der Waals surface area contributed by atoms with Crippen molar-refractivity contribution in [1.82, 2.24) is 0 Å². The van der Waals surface area contributed by atoms with Gasteiger partial charge in [-0.1, -0.05) is 94.8 Å². The molecule has 3 aliphatic rings. The van der Waals surface area contributed by atoms with E-state index >= 15 is 0 Å². The monoisotopic (exact) mass is 739 g/mol. The van der Waals surface area contributed by atoms with Gasteiger partial charge < -0.3 is 14.7 Å². The zero-order valence-electron chi connectivity index (χ0n) is 31.3. The second kappa shape index (κ2) is 16.8. The molecule has 0 aliphatic carbocycles. The summed E-state index contributed by atoms with van der Waals surface area (Å²) >= 11 is 3.59. The lowest BCUT2D eigenvalue weighted by Crippen LogP contribution is -2.26. The maximum Gasteiger partial charge on any atom is 0.0446 e. The van der Waals surface area contributed by atoms with E-state index < -0.39 is 0 Å². The number of benzene rings is 5. The SMILES string of the molecule is CC(C)N1C=CCCc2ccccc21.CC(C)N1c2ccccc2CCc2cc(Br)ccc21.CC(C)N1c2ccccc2CCc2ccccc21. The maximum atomic E-state index is 3.59. The van der Waals surface area contributed by atoms with E-state index in [-0.39, 0.29) is 0 Å². The van der Waals surface area contributed by atoms with Gasteiger partial charge in [0.1, 0.15) is 0 Å². The number of nitrogens with zero attached hydrogens (tertiary/aromatic N) is 3. The lowest BCUT2D eigenvalue weighted by Gasteiger charge is -2.30. The third-order valence-electron chi connectivity index (χ3n) is 10.1. The van der Waals surface area contributed by atoms with Crippen molar-refractivity contribution in [2.24, 2.45) is 0 Å². The minimum absolute atomic E-state index is 0.458. The van der Waals surface area contributed by atoms with Crippen LogP contribution in [0.3, 0.4) is 0 Å². The number of hydrogen-bond acceptors (Lipinski definition) is 3. The normalized spacial score (nSPS) is 14.4. The van der Waals surface area contributed by atoms with Crippen LogP contribution in [0.15, 0.2) is 132 Å². The summed E-state index contributed by atoms with van der Waals surface area (Å²) < 4.78 is 1.17. The number of allylic oxidation sites excluding steroid dienone is 1. The van der Waals surface area contributed by atoms with E-state index in [0.717, 1.165) is 38.5 Å². The Bertz CT molecular complexity index is 1890. The predicted molar refractivity (Wildman–Crippen MR) is 224 cm³/mol. The smallest absolute Gasteiger partial charge is 0.0446 e. The first-order chi connectivity index (χ1) is 24.7. The highest BCUT2D eigenvalue weighted by atomic mass is 79.9. The molecule has 0 aromatic heterocycles. The third-order valence-corrected chi connectivity index (χ3v) is 10.6. The molecule has 5 aromatic carbocycles. The molecular formula is C47H54BrN3. The van der Waals surface area contributed by atoms with E-state index in [0.29, 0.717) is 18.1 Å². The molecule has 5 aromatic rings. The summed E-state index contributed by atoms with van der Waals surface area (Å²) in [6, 6.07) is 43.2. The molecule has 8 rings (SSSR count). The quantitative estimate of drug-likeness (QED) is 0.182. The summed E-state index contributed by atoms with van der Waals surface area (Å²) in [5.74, 6) is 0. The lowest BCUT2D eigenvalue weighted by molar-refractivity contribution is 0.781. The second-order valence-corrected chi connectivity index (χ2v) is 15.6. The van der Waals surface area contributed by atoms with Crippen LogP contribution in [0.25, 0.3) is 0 Å². The highest BCUT2D eigenvalue weighted by Gasteiger charge is 2.23. The first-order valence-electron chi connectivity index (χ1n) is 18.9. The minimum Gasteiger partial charge on any atom is -0.346 e. The van der Waals surface area contributed by atoms with Crippen molar-refractivity contribution in [2.75, 3.05) is 14.7 Å². The molecule has 0 bridgehead atoms. The Morgan fingerprint density at radius 2 is 0.824 bits per heavy atom. The van der Waals surface area contributed by atoms with Gasteiger partial charge in [0.2, 0.25) is 0 Å². The molecule has 0 spiro atoms. The van der Waals surface area contributed by atoms with Gasteiger partial charge >= 0.3 is 0 Å². The molecule has 51 heavy (non-hydrogen) atoms. The van der Waals surface area contributed by atoms with Crippen molar-refractivity contribution in [3.05, 3.63) is 160 Å². The fraction of sp³-hybridized carbons (Fsp3) is 0.319. The van der Waals surface area contributed by atoms with Crippen molar-refractivity contribution < 1.29 is 0 Å². The maximum absolute atomic E-state index is 3.59. The van der Waals surface area contributed by atoms with Gasteiger partial charge in [0.25, 0.3) is 0 Å². The fourth-order valence-corrected chi connectivity index (χ4v) is 8.11. The number of halogens is 1. The van der Waals surface area contributed by atoms with Crippen LogP contribution in [0.5, 0.6) is 0 Å². The van der Waals surface area contributed by atoms with E-state index in [1.807, 2.05) is 0 Å². The average Bonchev–Trinajstić information content (AvgIpc) is 3.53. The highest BCUT2D eigenvalue weighted by molar-refractivity contribution is 9.10. The van der Waals surface area contributed by atoms with Gasteiger partial charge in [0.05, 0.1) is 0 Å². The van der Waals surface area contributed by atoms with Gasteiger partial charge in [0, 0.05) is 57.2 Å². The minimum atomic E-state index is 0.458. The predicted octanol–water partition coefficient (Wildman–Crippen LogP) is 12.8. The lowest BCUT2D eigenvalue weighted by atomic mass is 10.0. The zero-order valence-corrected chi connectivity index (χ0v) is 32.9. The molecule has 3 aliphatic heterocycles. The fourth-order valence-electron chi connectivity index (χ4n) is 7.70. The van der Waals surface area contributed by atoms with E-state index in [1.165, 1.54) is 60.7 Å². The largest absolute Gasteiger partial charge is 0.346 e. The Labute approximate surface area is 315 Å². The van der Waals surface area contributed by atoms with Gasteiger partial charge in [-0.3, -0.25) is 0 Å². The Kier molecular flexibility index (Phi) is 12.0. The van der Waals surface area contributed by atoms with E-state index in [9.17, 15) is 0 Å². The van der Waals surface area contributed by atoms with Gasteiger partial charge in [0.15, 0.2) is 0 Å². The van der Waals surface area contributed by atoms with Gasteiger partial charge in [-0.25, -0.2) is 0 Å². The molecule has 0 fully saturated rings. The molecular weight excluding hydrogens is 686 g/mol. The Morgan fingerprint density at radius 3 is 1.27 bits per heavy atom. The topological polar surface area (TPSA) is 9.72 Å². The van der Waals surface area contributed by atoms with Crippen molar-refractivity contribution in [3.63, 3.8) is 0 Å². The van der Waals surface area contributed by atoms with Crippen LogP contribution in [-0.2, 0) is 32.1 Å². The summed E-state index contributed by atoms with van der Waals surface area (Å²) in [4.78, 5) is 7.28. The third kappa shape index (κ3) is 8.45. The summed E-state index contributed by atoms with van der Waals surface area (Å²) in [6.45, 7) is 13.5. The molecule has 0 amide bonds. The van der Waals surface area contributed by atoms with E-state index in [4.69, 9.17) is 0 Å². The van der Waals surface area contributed by atoms with Gasteiger partial charge in [-0.15, -0.1) is 0 Å². The van der Waals surface area contributed by atoms with Crippen LogP contribution in [0.2, 0.25) is 0 Å². The molecule has 0 saturated heterocycles. The number of rotatable bonds is 3. The molecule has 264 valence electrons. The number of hydrogen-bond donors (Lipinski definition) is 0. The first-order valence-corrected chi connectivity index (χ1v) is 19.7. The van der Waals surface area contributed by atoms with Crippen molar-refractivity contribution >= 4 is 44.4 Å². The summed E-state index contributed by atoms with van der Waals surface area (Å²) in [5.41, 5.74) is 14.1. The molecule has 3 heterocycles. The standard InChI is InChI=1S/C17H18BrN.C17H19N.C13H17N/c1-12(2)19-16-6-4-3-5-13(16)7-8-14-11-15(18)9-10-17(14)19;1-13(2)18-16-9-5-3-7-14(16)11-12-15-8-4-6-10-17(15)18;1-11(2)14-10-6-5-8-12-7-3-4-9-13(12)14/h3-6,9-12H,7-8H2,1-2H3;3-10,13H,11-12H2,1-2H3;3-4,6-7,9-11H,5,8H2,1-2H3. The number of fused-ring (bicyclic) bond motifs is 5. The van der Waals surface area contributed by atoms with Gasteiger partial charge in [-0.05, 0) is 150 Å². The van der Waals surface area contributed by atoms with Crippen LogP contribution in [0.4, 0.5) is 28.4 Å². The summed E-state index contributed by atoms with van der Waals surface area (Å²) in [5, 5.41) is 0. The van der Waals surface area contributed by atoms with Crippen LogP contribution < -0.4 is 14.7 Å².